The Kier molecular flexibility index (Phi) is 2.61. The topological polar surface area (TPSA) is 0 Å². The van der Waals surface area contributed by atoms with Gasteiger partial charge in [0.05, 0.1) is 4.87 Å². The van der Waals surface area contributed by atoms with Gasteiger partial charge in [0.25, 0.3) is 0 Å². The fourth-order valence-electron chi connectivity index (χ4n) is 0.858. The molecule has 0 aliphatic carbocycles. The molecule has 0 saturated heterocycles. The molecule has 2 heteroatoms. The first-order chi connectivity index (χ1) is 5.00. The molecule has 0 fully saturated rings. The quantitative estimate of drug-likeness (QED) is 0.645. The number of alkyl halides is 1. The number of halogens is 2. The summed E-state index contributed by atoms with van der Waals surface area (Å²) in [5, 5.41) is 0. The summed E-state index contributed by atoms with van der Waals surface area (Å²) in [7, 11) is 0. The molecule has 60 valence electrons. The first-order valence-corrected chi connectivity index (χ1v) is 4.62. The molecular weight excluding hydrogens is 223 g/mol. The lowest BCUT2D eigenvalue weighted by Gasteiger charge is -2.15. The largest absolute Gasteiger partial charge is 0.115 e. The van der Waals surface area contributed by atoms with Crippen LogP contribution in [0.25, 0.3) is 0 Å². The maximum Gasteiger partial charge on any atom is 0.0639 e. The Balaban J connectivity index is 3.06. The van der Waals surface area contributed by atoms with E-state index in [0.717, 1.165) is 10.0 Å². The molecule has 0 saturated carbocycles. The fourth-order valence-corrected chi connectivity index (χ4v) is 1.38. The van der Waals surface area contributed by atoms with Crippen LogP contribution in [0.1, 0.15) is 19.4 Å². The summed E-state index contributed by atoms with van der Waals surface area (Å²) >= 11 is 9.51. The van der Waals surface area contributed by atoms with Crippen LogP contribution in [0.4, 0.5) is 0 Å². The molecule has 0 amide bonds. The lowest BCUT2D eigenvalue weighted by Crippen LogP contribution is -2.06. The van der Waals surface area contributed by atoms with Crippen LogP contribution in [0, 0.1) is 0 Å². The zero-order valence-corrected chi connectivity index (χ0v) is 8.91. The van der Waals surface area contributed by atoms with Gasteiger partial charge in [0.15, 0.2) is 0 Å². The van der Waals surface area contributed by atoms with Gasteiger partial charge in [-0.15, -0.1) is 11.6 Å². The normalized spacial score (nSPS) is 11.6. The van der Waals surface area contributed by atoms with Crippen LogP contribution in [-0.2, 0) is 4.87 Å². The van der Waals surface area contributed by atoms with Crippen LogP contribution in [0.3, 0.4) is 0 Å². The van der Waals surface area contributed by atoms with Gasteiger partial charge in [0.1, 0.15) is 0 Å². The summed E-state index contributed by atoms with van der Waals surface area (Å²) in [5.74, 6) is 0. The minimum atomic E-state index is -0.274. The zero-order valence-electron chi connectivity index (χ0n) is 6.57. The maximum atomic E-state index is 6.11. The van der Waals surface area contributed by atoms with Gasteiger partial charge in [-0.2, -0.15) is 0 Å². The van der Waals surface area contributed by atoms with Crippen LogP contribution < -0.4 is 0 Å². The molecule has 0 unspecified atom stereocenters. The van der Waals surface area contributed by atoms with Gasteiger partial charge >= 0.3 is 0 Å². The zero-order chi connectivity index (χ0) is 8.48. The van der Waals surface area contributed by atoms with Crippen LogP contribution >= 0.6 is 27.5 Å². The van der Waals surface area contributed by atoms with E-state index in [4.69, 9.17) is 11.6 Å². The average Bonchev–Trinajstić information content (AvgIpc) is 1.86. The predicted molar refractivity (Wildman–Crippen MR) is 53.0 cm³/mol. The Hall–Kier alpha value is -0.0100. The molecule has 0 aliphatic heterocycles. The summed E-state index contributed by atoms with van der Waals surface area (Å²) in [6, 6.07) is 8.04. The molecule has 0 heterocycles. The molecule has 0 spiro atoms. The third-order valence-electron chi connectivity index (χ3n) is 1.51. The first-order valence-electron chi connectivity index (χ1n) is 3.45. The third-order valence-corrected chi connectivity index (χ3v) is 2.22. The van der Waals surface area contributed by atoms with Gasteiger partial charge in [-0.1, -0.05) is 28.1 Å². The number of hydrogen-bond acceptors (Lipinski definition) is 0. The van der Waals surface area contributed by atoms with E-state index in [2.05, 4.69) is 15.9 Å². The van der Waals surface area contributed by atoms with Crippen molar-refractivity contribution in [2.75, 3.05) is 0 Å². The van der Waals surface area contributed by atoms with Crippen LogP contribution in [-0.4, -0.2) is 0 Å². The highest BCUT2D eigenvalue weighted by molar-refractivity contribution is 9.10. The maximum absolute atomic E-state index is 6.11. The SMILES string of the molecule is CC(C)(Cl)c1cccc(Br)c1. The molecule has 11 heavy (non-hydrogen) atoms. The van der Waals surface area contributed by atoms with E-state index in [-0.39, 0.29) is 4.87 Å². The monoisotopic (exact) mass is 232 g/mol. The summed E-state index contributed by atoms with van der Waals surface area (Å²) in [5.41, 5.74) is 1.13. The summed E-state index contributed by atoms with van der Waals surface area (Å²) in [6.45, 7) is 3.96. The molecule has 1 rings (SSSR count). The van der Waals surface area contributed by atoms with E-state index in [1.165, 1.54) is 0 Å². The second kappa shape index (κ2) is 3.16. The van der Waals surface area contributed by atoms with Crippen molar-refractivity contribution < 1.29 is 0 Å². The smallest absolute Gasteiger partial charge is 0.0639 e. The van der Waals surface area contributed by atoms with E-state index >= 15 is 0 Å². The van der Waals surface area contributed by atoms with E-state index in [1.807, 2.05) is 38.1 Å². The van der Waals surface area contributed by atoms with Crippen LogP contribution in [0.15, 0.2) is 28.7 Å². The minimum absolute atomic E-state index is 0.274. The standard InChI is InChI=1S/C9H10BrCl/c1-9(2,11)7-4-3-5-8(10)6-7/h3-6H,1-2H3. The molecule has 0 aliphatic rings. The lowest BCUT2D eigenvalue weighted by molar-refractivity contribution is 0.765. The molecule has 1 aromatic rings. The number of benzene rings is 1. The summed E-state index contributed by atoms with van der Waals surface area (Å²) in [6.07, 6.45) is 0. The molecular formula is C9H10BrCl. The second-order valence-electron chi connectivity index (χ2n) is 2.98. The van der Waals surface area contributed by atoms with Crippen molar-refractivity contribution in [3.63, 3.8) is 0 Å². The van der Waals surface area contributed by atoms with Gasteiger partial charge < -0.3 is 0 Å². The Morgan fingerprint density at radius 2 is 2.00 bits per heavy atom. The number of rotatable bonds is 1. The second-order valence-corrected chi connectivity index (χ2v) is 4.84. The van der Waals surface area contributed by atoms with E-state index in [1.54, 1.807) is 0 Å². The molecule has 0 aromatic heterocycles. The van der Waals surface area contributed by atoms with Crippen LogP contribution in [0.5, 0.6) is 0 Å². The van der Waals surface area contributed by atoms with Gasteiger partial charge in [-0.3, -0.25) is 0 Å². The van der Waals surface area contributed by atoms with Crippen molar-refractivity contribution in [1.82, 2.24) is 0 Å². The van der Waals surface area contributed by atoms with Crippen LogP contribution in [0.2, 0.25) is 0 Å². The highest BCUT2D eigenvalue weighted by atomic mass is 79.9. The van der Waals surface area contributed by atoms with Gasteiger partial charge in [0, 0.05) is 4.47 Å². The van der Waals surface area contributed by atoms with Crippen molar-refractivity contribution in [3.8, 4) is 0 Å². The molecule has 0 atom stereocenters. The Morgan fingerprint density at radius 3 is 2.36 bits per heavy atom. The van der Waals surface area contributed by atoms with Crippen molar-refractivity contribution in [1.29, 1.82) is 0 Å². The lowest BCUT2D eigenvalue weighted by atomic mass is 10.0. The van der Waals surface area contributed by atoms with Gasteiger partial charge in [-0.25, -0.2) is 0 Å². The highest BCUT2D eigenvalue weighted by Crippen LogP contribution is 2.28. The van der Waals surface area contributed by atoms with Crippen molar-refractivity contribution in [3.05, 3.63) is 34.3 Å². The minimum Gasteiger partial charge on any atom is -0.115 e. The number of hydrogen-bond donors (Lipinski definition) is 0. The van der Waals surface area contributed by atoms with Gasteiger partial charge in [-0.05, 0) is 31.5 Å². The predicted octanol–water partition coefficient (Wildman–Crippen LogP) is 3.92. The van der Waals surface area contributed by atoms with E-state index in [9.17, 15) is 0 Å². The molecule has 1 aromatic carbocycles. The van der Waals surface area contributed by atoms with E-state index in [0.29, 0.717) is 0 Å². The Labute approximate surface area is 80.7 Å². The van der Waals surface area contributed by atoms with Crippen molar-refractivity contribution >= 4 is 27.5 Å². The molecule has 0 radical (unpaired) electrons. The molecule has 0 N–H and O–H groups in total. The summed E-state index contributed by atoms with van der Waals surface area (Å²) < 4.78 is 1.07. The Morgan fingerprint density at radius 1 is 1.36 bits per heavy atom. The fraction of sp³-hybridized carbons (Fsp3) is 0.333. The molecule has 0 bridgehead atoms. The van der Waals surface area contributed by atoms with Crippen molar-refractivity contribution in [2.24, 2.45) is 0 Å². The first kappa shape index (κ1) is 9.08. The average molecular weight is 234 g/mol. The van der Waals surface area contributed by atoms with Crippen molar-refractivity contribution in [2.45, 2.75) is 18.7 Å². The third kappa shape index (κ3) is 2.49. The Bertz CT molecular complexity index is 250. The summed E-state index contributed by atoms with van der Waals surface area (Å²) in [4.78, 5) is -0.274. The molecule has 0 nitrogen and oxygen atoms in total. The van der Waals surface area contributed by atoms with E-state index < -0.39 is 0 Å². The van der Waals surface area contributed by atoms with Gasteiger partial charge in [0.2, 0.25) is 0 Å². The highest BCUT2D eigenvalue weighted by Gasteiger charge is 2.15.